The van der Waals surface area contributed by atoms with Gasteiger partial charge < -0.3 is 10.1 Å². The number of benzene rings is 1. The summed E-state index contributed by atoms with van der Waals surface area (Å²) in [6.45, 7) is 2.78. The third-order valence-electron chi connectivity index (χ3n) is 3.52. The zero-order valence-electron chi connectivity index (χ0n) is 11.3. The number of nitro benzene ring substituents is 1. The molecule has 0 radical (unpaired) electrons. The molecular weight excluding hydrogens is 258 g/mol. The molecule has 1 N–H and O–H groups in total. The quantitative estimate of drug-likeness (QED) is 0.674. The van der Waals surface area contributed by atoms with Crippen LogP contribution in [-0.4, -0.2) is 23.7 Å². The molecule has 2 rings (SSSR count). The van der Waals surface area contributed by atoms with Gasteiger partial charge in [0.2, 0.25) is 0 Å². The number of rotatable bonds is 4. The zero-order chi connectivity index (χ0) is 14.5. The number of non-ortho nitro benzene ring substituents is 1. The molecule has 20 heavy (non-hydrogen) atoms. The molecule has 6 nitrogen and oxygen atoms in total. The SMILES string of the molecule is CCC1CC(Nc2ccc([N+](=O)[O-])cc2C#N)CCO1. The van der Waals surface area contributed by atoms with Gasteiger partial charge in [0.15, 0.2) is 0 Å². The van der Waals surface area contributed by atoms with Gasteiger partial charge in [0.1, 0.15) is 6.07 Å². The number of nitriles is 1. The van der Waals surface area contributed by atoms with Gasteiger partial charge in [0.25, 0.3) is 5.69 Å². The molecule has 0 bridgehead atoms. The fraction of sp³-hybridized carbons (Fsp3) is 0.500. The topological polar surface area (TPSA) is 88.2 Å². The Balaban J connectivity index is 2.13. The summed E-state index contributed by atoms with van der Waals surface area (Å²) in [4.78, 5) is 10.2. The van der Waals surface area contributed by atoms with Crippen molar-refractivity contribution < 1.29 is 9.66 Å². The normalized spacial score (nSPS) is 22.0. The molecule has 1 aliphatic rings. The maximum Gasteiger partial charge on any atom is 0.270 e. The highest BCUT2D eigenvalue weighted by molar-refractivity contribution is 5.61. The van der Waals surface area contributed by atoms with Gasteiger partial charge in [0, 0.05) is 24.8 Å². The zero-order valence-corrected chi connectivity index (χ0v) is 11.3. The summed E-state index contributed by atoms with van der Waals surface area (Å²) >= 11 is 0. The van der Waals surface area contributed by atoms with Gasteiger partial charge in [-0.15, -0.1) is 0 Å². The third kappa shape index (κ3) is 3.25. The number of hydrogen-bond donors (Lipinski definition) is 1. The number of nitrogens with zero attached hydrogens (tertiary/aromatic N) is 2. The summed E-state index contributed by atoms with van der Waals surface area (Å²) in [7, 11) is 0. The molecule has 1 fully saturated rings. The van der Waals surface area contributed by atoms with Gasteiger partial charge >= 0.3 is 0 Å². The van der Waals surface area contributed by atoms with Gasteiger partial charge in [0.05, 0.1) is 22.3 Å². The second-order valence-corrected chi connectivity index (χ2v) is 4.87. The molecule has 6 heteroatoms. The van der Waals surface area contributed by atoms with Crippen LogP contribution in [0.4, 0.5) is 11.4 Å². The van der Waals surface area contributed by atoms with E-state index in [9.17, 15) is 10.1 Å². The summed E-state index contributed by atoms with van der Waals surface area (Å²) in [5.41, 5.74) is 0.893. The van der Waals surface area contributed by atoms with Gasteiger partial charge in [-0.25, -0.2) is 0 Å². The largest absolute Gasteiger partial charge is 0.381 e. The van der Waals surface area contributed by atoms with Crippen molar-refractivity contribution in [3.05, 3.63) is 33.9 Å². The molecule has 1 saturated heterocycles. The van der Waals surface area contributed by atoms with E-state index >= 15 is 0 Å². The Hall–Kier alpha value is -2.13. The highest BCUT2D eigenvalue weighted by Gasteiger charge is 2.22. The van der Waals surface area contributed by atoms with E-state index in [2.05, 4.69) is 12.2 Å². The minimum Gasteiger partial charge on any atom is -0.381 e. The lowest BCUT2D eigenvalue weighted by atomic mass is 10.0. The summed E-state index contributed by atoms with van der Waals surface area (Å²) in [5.74, 6) is 0. The van der Waals surface area contributed by atoms with Crippen LogP contribution in [0.3, 0.4) is 0 Å². The molecular formula is C14H17N3O3. The highest BCUT2D eigenvalue weighted by atomic mass is 16.6. The maximum atomic E-state index is 10.7. The van der Waals surface area contributed by atoms with Crippen molar-refractivity contribution in [2.45, 2.75) is 38.3 Å². The van der Waals surface area contributed by atoms with E-state index in [1.54, 1.807) is 6.07 Å². The Kier molecular flexibility index (Phi) is 4.53. The van der Waals surface area contributed by atoms with Crippen LogP contribution in [0.2, 0.25) is 0 Å². The van der Waals surface area contributed by atoms with Crippen molar-refractivity contribution >= 4 is 11.4 Å². The van der Waals surface area contributed by atoms with Crippen LogP contribution >= 0.6 is 0 Å². The molecule has 1 aromatic rings. The van der Waals surface area contributed by atoms with E-state index in [-0.39, 0.29) is 17.8 Å². The molecule has 106 valence electrons. The number of nitro groups is 1. The van der Waals surface area contributed by atoms with Crippen LogP contribution in [-0.2, 0) is 4.74 Å². The summed E-state index contributed by atoms with van der Waals surface area (Å²) in [6.07, 6.45) is 2.96. The maximum absolute atomic E-state index is 10.7. The van der Waals surface area contributed by atoms with E-state index in [0.717, 1.165) is 19.3 Å². The Labute approximate surface area is 117 Å². The first-order valence-electron chi connectivity index (χ1n) is 6.70. The number of anilines is 1. The van der Waals surface area contributed by atoms with Gasteiger partial charge in [-0.05, 0) is 25.3 Å². The summed E-state index contributed by atoms with van der Waals surface area (Å²) in [6, 6.07) is 6.57. The molecule has 1 aliphatic heterocycles. The van der Waals surface area contributed by atoms with Crippen LogP contribution in [0, 0.1) is 21.4 Å². The lowest BCUT2D eigenvalue weighted by Gasteiger charge is -2.30. The molecule has 1 heterocycles. The van der Waals surface area contributed by atoms with Crippen LogP contribution in [0.15, 0.2) is 18.2 Å². The van der Waals surface area contributed by atoms with Crippen molar-refractivity contribution in [3.63, 3.8) is 0 Å². The lowest BCUT2D eigenvalue weighted by Crippen LogP contribution is -2.33. The van der Waals surface area contributed by atoms with Crippen molar-refractivity contribution in [2.75, 3.05) is 11.9 Å². The van der Waals surface area contributed by atoms with E-state index in [0.29, 0.717) is 17.9 Å². The fourth-order valence-corrected chi connectivity index (χ4v) is 2.38. The van der Waals surface area contributed by atoms with Crippen molar-refractivity contribution in [3.8, 4) is 6.07 Å². The number of ether oxygens (including phenoxy) is 1. The predicted molar refractivity (Wildman–Crippen MR) is 74.5 cm³/mol. The highest BCUT2D eigenvalue weighted by Crippen LogP contribution is 2.25. The van der Waals surface area contributed by atoms with Crippen molar-refractivity contribution in [2.24, 2.45) is 0 Å². The summed E-state index contributed by atoms with van der Waals surface area (Å²) < 4.78 is 5.61. The Morgan fingerprint density at radius 3 is 3.05 bits per heavy atom. The number of hydrogen-bond acceptors (Lipinski definition) is 5. The standard InChI is InChI=1S/C14H17N3O3/c1-2-13-8-11(5-6-20-13)16-14-4-3-12(17(18)19)7-10(14)9-15/h3-4,7,11,13,16H,2,5-6,8H2,1H3. The van der Waals surface area contributed by atoms with Crippen molar-refractivity contribution in [1.29, 1.82) is 5.26 Å². The van der Waals surface area contributed by atoms with Crippen LogP contribution in [0.25, 0.3) is 0 Å². The molecule has 2 atom stereocenters. The first kappa shape index (κ1) is 14.3. The van der Waals surface area contributed by atoms with Gasteiger partial charge in [-0.3, -0.25) is 10.1 Å². The van der Waals surface area contributed by atoms with Crippen LogP contribution < -0.4 is 5.32 Å². The first-order chi connectivity index (χ1) is 9.63. The molecule has 0 spiro atoms. The predicted octanol–water partition coefficient (Wildman–Crippen LogP) is 2.84. The molecule has 0 saturated carbocycles. The van der Waals surface area contributed by atoms with Crippen LogP contribution in [0.5, 0.6) is 0 Å². The smallest absolute Gasteiger partial charge is 0.270 e. The first-order valence-corrected chi connectivity index (χ1v) is 6.70. The third-order valence-corrected chi connectivity index (χ3v) is 3.52. The second kappa shape index (κ2) is 6.35. The lowest BCUT2D eigenvalue weighted by molar-refractivity contribution is -0.384. The fourth-order valence-electron chi connectivity index (χ4n) is 2.38. The minimum atomic E-state index is -0.494. The van der Waals surface area contributed by atoms with Crippen LogP contribution in [0.1, 0.15) is 31.7 Å². The average molecular weight is 275 g/mol. The van der Waals surface area contributed by atoms with E-state index in [1.807, 2.05) is 6.07 Å². The molecule has 0 aromatic heterocycles. The van der Waals surface area contributed by atoms with Gasteiger partial charge in [-0.1, -0.05) is 6.92 Å². The Morgan fingerprint density at radius 1 is 1.60 bits per heavy atom. The average Bonchev–Trinajstić information content (AvgIpc) is 2.47. The molecule has 0 aliphatic carbocycles. The molecule has 2 unspecified atom stereocenters. The van der Waals surface area contributed by atoms with E-state index < -0.39 is 4.92 Å². The Morgan fingerprint density at radius 2 is 2.40 bits per heavy atom. The van der Waals surface area contributed by atoms with Crippen molar-refractivity contribution in [1.82, 2.24) is 0 Å². The minimum absolute atomic E-state index is 0.0643. The van der Waals surface area contributed by atoms with E-state index in [1.165, 1.54) is 12.1 Å². The Bertz CT molecular complexity index is 539. The number of nitrogens with one attached hydrogen (secondary N) is 1. The molecule has 0 amide bonds. The monoisotopic (exact) mass is 275 g/mol. The van der Waals surface area contributed by atoms with Gasteiger partial charge in [-0.2, -0.15) is 5.26 Å². The molecule has 1 aromatic carbocycles. The second-order valence-electron chi connectivity index (χ2n) is 4.87. The summed E-state index contributed by atoms with van der Waals surface area (Å²) in [5, 5.41) is 23.1. The van der Waals surface area contributed by atoms with E-state index in [4.69, 9.17) is 10.00 Å².